The zero-order valence-electron chi connectivity index (χ0n) is 19.8. The van der Waals surface area contributed by atoms with Gasteiger partial charge in [-0.05, 0) is 42.2 Å². The topological polar surface area (TPSA) is 75.8 Å². The van der Waals surface area contributed by atoms with Crippen molar-refractivity contribution in [2.45, 2.75) is 58.5 Å². The fraction of sp³-hybridized carbons (Fsp3) is 0.407. The minimum absolute atomic E-state index is 0.139. The summed E-state index contributed by atoms with van der Waals surface area (Å²) < 4.78 is 11.8. The third-order valence-corrected chi connectivity index (χ3v) is 6.05. The summed E-state index contributed by atoms with van der Waals surface area (Å²) >= 11 is 0. The van der Waals surface area contributed by atoms with Crippen LogP contribution in [0.15, 0.2) is 52.9 Å². The molecule has 1 N–H and O–H groups in total. The molecule has 1 aromatic heterocycles. The highest BCUT2D eigenvalue weighted by atomic mass is 16.5. The largest absolute Gasteiger partial charge is 0.493 e. The van der Waals surface area contributed by atoms with Crippen LogP contribution in [0.1, 0.15) is 60.8 Å². The van der Waals surface area contributed by atoms with Crippen molar-refractivity contribution < 1.29 is 19.1 Å². The van der Waals surface area contributed by atoms with Gasteiger partial charge in [-0.3, -0.25) is 9.69 Å². The molecule has 0 spiro atoms. The third-order valence-electron chi connectivity index (χ3n) is 6.05. The Morgan fingerprint density at radius 2 is 1.97 bits per heavy atom. The number of hydrogen-bond acceptors (Lipinski definition) is 5. The van der Waals surface area contributed by atoms with E-state index < -0.39 is 12.0 Å². The fourth-order valence-corrected chi connectivity index (χ4v) is 4.26. The summed E-state index contributed by atoms with van der Waals surface area (Å²) in [5, 5.41) is 10.0. The number of rotatable bonds is 7. The van der Waals surface area contributed by atoms with Crippen LogP contribution in [0.2, 0.25) is 0 Å². The van der Waals surface area contributed by atoms with Crippen LogP contribution in [0.4, 0.5) is 0 Å². The van der Waals surface area contributed by atoms with Gasteiger partial charge in [0, 0.05) is 24.9 Å². The Hall–Kier alpha value is -3.12. The minimum Gasteiger partial charge on any atom is -0.493 e. The highest BCUT2D eigenvalue weighted by Gasteiger charge is 2.33. The lowest BCUT2D eigenvalue weighted by molar-refractivity contribution is -0.144. The van der Waals surface area contributed by atoms with Crippen molar-refractivity contribution in [3.8, 4) is 5.75 Å². The van der Waals surface area contributed by atoms with E-state index in [4.69, 9.17) is 9.15 Å². The van der Waals surface area contributed by atoms with Crippen LogP contribution in [0.3, 0.4) is 0 Å². The molecule has 1 atom stereocenters. The first-order valence-electron chi connectivity index (χ1n) is 11.5. The lowest BCUT2D eigenvalue weighted by Gasteiger charge is -2.35. The molecule has 0 fully saturated rings. The van der Waals surface area contributed by atoms with Crippen LogP contribution >= 0.6 is 0 Å². The molecule has 0 saturated carbocycles. The summed E-state index contributed by atoms with van der Waals surface area (Å²) in [7, 11) is 0. The molecule has 0 amide bonds. The second kappa shape index (κ2) is 9.40. The van der Waals surface area contributed by atoms with Gasteiger partial charge in [0.05, 0.1) is 12.3 Å². The first kappa shape index (κ1) is 23.1. The quantitative estimate of drug-likeness (QED) is 0.543. The standard InChI is InChI=1S/C27H32N2O4/c1-18-23(28-26(33-18)27(2,3)4)13-15-32-21-11-10-20-12-14-29(17-19-8-6-5-7-9-19)24(25(30)31)22(20)16-21/h5-11,16,24H,12-15,17H2,1-4H3,(H,30,31). The van der Waals surface area contributed by atoms with Gasteiger partial charge >= 0.3 is 5.97 Å². The molecule has 0 aliphatic carbocycles. The smallest absolute Gasteiger partial charge is 0.325 e. The van der Waals surface area contributed by atoms with E-state index in [-0.39, 0.29) is 5.41 Å². The van der Waals surface area contributed by atoms with Crippen molar-refractivity contribution in [3.63, 3.8) is 0 Å². The van der Waals surface area contributed by atoms with Gasteiger partial charge in [-0.2, -0.15) is 0 Å². The summed E-state index contributed by atoms with van der Waals surface area (Å²) in [4.78, 5) is 18.9. The van der Waals surface area contributed by atoms with Gasteiger partial charge in [0.15, 0.2) is 5.89 Å². The molecule has 174 valence electrons. The Morgan fingerprint density at radius 3 is 2.64 bits per heavy atom. The van der Waals surface area contributed by atoms with Crippen LogP contribution in [-0.2, 0) is 29.6 Å². The molecular weight excluding hydrogens is 416 g/mol. The Morgan fingerprint density at radius 1 is 1.21 bits per heavy atom. The van der Waals surface area contributed by atoms with Crippen LogP contribution in [0, 0.1) is 6.92 Å². The van der Waals surface area contributed by atoms with Gasteiger partial charge in [-0.25, -0.2) is 4.98 Å². The highest BCUT2D eigenvalue weighted by molar-refractivity contribution is 5.77. The Bertz CT molecular complexity index is 1110. The monoisotopic (exact) mass is 448 g/mol. The molecule has 1 aliphatic rings. The number of aliphatic carboxylic acids is 1. The summed E-state index contributed by atoms with van der Waals surface area (Å²) in [6, 6.07) is 15.1. The van der Waals surface area contributed by atoms with E-state index >= 15 is 0 Å². The van der Waals surface area contributed by atoms with Gasteiger partial charge in [0.25, 0.3) is 0 Å². The van der Waals surface area contributed by atoms with Gasteiger partial charge < -0.3 is 14.3 Å². The SMILES string of the molecule is Cc1oc(C(C)(C)C)nc1CCOc1ccc2c(c1)C(C(=O)O)N(Cc1ccccc1)CC2. The second-order valence-electron chi connectivity index (χ2n) is 9.68. The molecule has 2 heterocycles. The van der Waals surface area contributed by atoms with E-state index in [0.29, 0.717) is 31.9 Å². The van der Waals surface area contributed by atoms with E-state index in [9.17, 15) is 9.90 Å². The lowest BCUT2D eigenvalue weighted by Crippen LogP contribution is -2.39. The van der Waals surface area contributed by atoms with Crippen molar-refractivity contribution >= 4 is 5.97 Å². The number of carboxylic acid groups (broad SMARTS) is 1. The molecule has 2 aromatic carbocycles. The first-order chi connectivity index (χ1) is 15.7. The predicted molar refractivity (Wildman–Crippen MR) is 127 cm³/mol. The van der Waals surface area contributed by atoms with E-state index in [1.807, 2.05) is 60.4 Å². The number of oxazole rings is 1. The van der Waals surface area contributed by atoms with E-state index in [1.165, 1.54) is 0 Å². The number of hydrogen-bond donors (Lipinski definition) is 1. The van der Waals surface area contributed by atoms with Crippen molar-refractivity contribution in [1.82, 2.24) is 9.88 Å². The van der Waals surface area contributed by atoms with Crippen LogP contribution < -0.4 is 4.74 Å². The molecule has 1 aliphatic heterocycles. The minimum atomic E-state index is -0.836. The average molecular weight is 449 g/mol. The van der Waals surface area contributed by atoms with E-state index in [1.54, 1.807) is 0 Å². The Balaban J connectivity index is 1.47. The lowest BCUT2D eigenvalue weighted by atomic mass is 9.92. The van der Waals surface area contributed by atoms with Gasteiger partial charge in [-0.1, -0.05) is 57.2 Å². The summed E-state index contributed by atoms with van der Waals surface area (Å²) in [5.74, 6) is 1.39. The maximum absolute atomic E-state index is 12.2. The first-order valence-corrected chi connectivity index (χ1v) is 11.5. The summed E-state index contributed by atoms with van der Waals surface area (Å²) in [6.07, 6.45) is 1.45. The molecule has 6 nitrogen and oxygen atoms in total. The summed E-state index contributed by atoms with van der Waals surface area (Å²) in [5.41, 5.74) is 3.75. The second-order valence-corrected chi connectivity index (χ2v) is 9.68. The zero-order chi connectivity index (χ0) is 23.6. The molecule has 33 heavy (non-hydrogen) atoms. The molecule has 6 heteroatoms. The molecule has 4 rings (SSSR count). The van der Waals surface area contributed by atoms with Crippen LogP contribution in [0.25, 0.3) is 0 Å². The van der Waals surface area contributed by atoms with Crippen molar-refractivity contribution in [2.24, 2.45) is 0 Å². The maximum atomic E-state index is 12.2. The normalized spacial score (nSPS) is 16.4. The van der Waals surface area contributed by atoms with Gasteiger partial charge in [0.1, 0.15) is 17.6 Å². The fourth-order valence-electron chi connectivity index (χ4n) is 4.26. The van der Waals surface area contributed by atoms with Crippen molar-refractivity contribution in [1.29, 1.82) is 0 Å². The Labute approximate surface area is 195 Å². The number of nitrogens with zero attached hydrogens (tertiary/aromatic N) is 2. The van der Waals surface area contributed by atoms with Crippen LogP contribution in [-0.4, -0.2) is 34.1 Å². The number of ether oxygens (including phenoxy) is 1. The summed E-state index contributed by atoms with van der Waals surface area (Å²) in [6.45, 7) is 9.91. The Kier molecular flexibility index (Phi) is 6.56. The van der Waals surface area contributed by atoms with E-state index in [2.05, 4.69) is 25.8 Å². The van der Waals surface area contributed by atoms with Gasteiger partial charge in [0.2, 0.25) is 0 Å². The molecule has 0 bridgehead atoms. The van der Waals surface area contributed by atoms with E-state index in [0.717, 1.165) is 40.5 Å². The molecule has 0 radical (unpaired) electrons. The highest BCUT2D eigenvalue weighted by Crippen LogP contribution is 2.34. The van der Waals surface area contributed by atoms with Crippen molar-refractivity contribution in [3.05, 3.63) is 82.6 Å². The number of aromatic nitrogens is 1. The third kappa shape index (κ3) is 5.28. The molecule has 1 unspecified atom stereocenters. The molecule has 0 saturated heterocycles. The number of fused-ring (bicyclic) bond motifs is 1. The van der Waals surface area contributed by atoms with Gasteiger partial charge in [-0.15, -0.1) is 0 Å². The molecular formula is C27H32N2O4. The number of carbonyl (C=O) groups is 1. The molecule has 3 aromatic rings. The number of aryl methyl sites for hydroxylation is 1. The number of carboxylic acids is 1. The average Bonchev–Trinajstić information content (AvgIpc) is 3.15. The van der Waals surface area contributed by atoms with Crippen LogP contribution in [0.5, 0.6) is 5.75 Å². The maximum Gasteiger partial charge on any atom is 0.325 e. The zero-order valence-corrected chi connectivity index (χ0v) is 19.8. The predicted octanol–water partition coefficient (Wildman–Crippen LogP) is 5.09. The van der Waals surface area contributed by atoms with Crippen molar-refractivity contribution in [2.75, 3.05) is 13.2 Å². The number of benzene rings is 2.